The normalized spacial score (nSPS) is 35.6. The fraction of sp³-hybridized carbons (Fsp3) is 0.667. The van der Waals surface area contributed by atoms with E-state index in [9.17, 15) is 4.79 Å². The summed E-state index contributed by atoms with van der Waals surface area (Å²) in [7, 11) is 0. The first-order chi connectivity index (χ1) is 10.4. The van der Waals surface area contributed by atoms with Gasteiger partial charge in [0.25, 0.3) is 0 Å². The van der Waals surface area contributed by atoms with E-state index in [4.69, 9.17) is 10.5 Å². The number of rotatable bonds is 2. The predicted molar refractivity (Wildman–Crippen MR) is 84.4 cm³/mol. The van der Waals surface area contributed by atoms with Crippen LogP contribution in [-0.4, -0.2) is 11.0 Å². The first kappa shape index (κ1) is 14.0. The van der Waals surface area contributed by atoms with Crippen LogP contribution in [0.2, 0.25) is 0 Å². The quantitative estimate of drug-likeness (QED) is 0.850. The summed E-state index contributed by atoms with van der Waals surface area (Å²) in [5.74, 6) is 2.59. The second kappa shape index (κ2) is 4.71. The summed E-state index contributed by atoms with van der Waals surface area (Å²) in [4.78, 5) is 17.3. The topological polar surface area (TPSA) is 65.2 Å². The van der Waals surface area contributed by atoms with E-state index < -0.39 is 0 Å². The highest BCUT2D eigenvalue weighted by Crippen LogP contribution is 2.60. The second-order valence-electron chi connectivity index (χ2n) is 7.85. The van der Waals surface area contributed by atoms with Crippen molar-refractivity contribution in [1.29, 1.82) is 0 Å². The number of pyridine rings is 1. The lowest BCUT2D eigenvalue weighted by Gasteiger charge is -2.55. The molecule has 22 heavy (non-hydrogen) atoms. The van der Waals surface area contributed by atoms with Gasteiger partial charge >= 0.3 is 5.97 Å². The number of aryl methyl sites for hydroxylation is 2. The molecule has 5 rings (SSSR count). The van der Waals surface area contributed by atoms with Gasteiger partial charge < -0.3 is 10.5 Å². The fourth-order valence-corrected chi connectivity index (χ4v) is 5.54. The van der Waals surface area contributed by atoms with Crippen molar-refractivity contribution in [1.82, 2.24) is 4.98 Å². The molecule has 0 amide bonds. The number of nitrogens with two attached hydrogens (primary N) is 1. The Morgan fingerprint density at radius 2 is 1.73 bits per heavy atom. The van der Waals surface area contributed by atoms with Gasteiger partial charge in [-0.3, -0.25) is 9.78 Å². The van der Waals surface area contributed by atoms with Gasteiger partial charge in [-0.05, 0) is 76.2 Å². The smallest absolute Gasteiger partial charge is 0.317 e. The Morgan fingerprint density at radius 3 is 2.23 bits per heavy atom. The van der Waals surface area contributed by atoms with E-state index in [-0.39, 0.29) is 11.4 Å². The minimum absolute atomic E-state index is 0.0629. The molecule has 0 spiro atoms. The molecule has 4 nitrogen and oxygen atoms in total. The first-order valence-electron chi connectivity index (χ1n) is 8.41. The lowest BCUT2D eigenvalue weighted by Crippen LogP contribution is -2.51. The SMILES string of the molecule is Cc1cc(N)c(OC(=O)C23CC4CC(CC(C4)C2)C3)c(C)n1. The van der Waals surface area contributed by atoms with Crippen LogP contribution in [0.25, 0.3) is 0 Å². The summed E-state index contributed by atoms with van der Waals surface area (Å²) in [5, 5.41) is 0. The Morgan fingerprint density at radius 1 is 1.18 bits per heavy atom. The highest BCUT2D eigenvalue weighted by atomic mass is 16.5. The molecular weight excluding hydrogens is 276 g/mol. The Balaban J connectivity index is 1.60. The molecule has 4 fully saturated rings. The third-order valence-electron chi connectivity index (χ3n) is 5.97. The van der Waals surface area contributed by atoms with E-state index in [1.165, 1.54) is 19.3 Å². The van der Waals surface area contributed by atoms with E-state index in [0.29, 0.717) is 17.1 Å². The lowest BCUT2D eigenvalue weighted by atomic mass is 9.49. The number of esters is 1. The molecule has 0 unspecified atom stereocenters. The Kier molecular flexibility index (Phi) is 3.00. The molecule has 0 radical (unpaired) electrons. The van der Waals surface area contributed by atoms with Gasteiger partial charge in [0, 0.05) is 5.69 Å². The summed E-state index contributed by atoms with van der Waals surface area (Å²) < 4.78 is 5.79. The van der Waals surface area contributed by atoms with Crippen molar-refractivity contribution < 1.29 is 9.53 Å². The molecule has 4 aliphatic rings. The number of anilines is 1. The molecule has 0 saturated heterocycles. The summed E-state index contributed by atoms with van der Waals surface area (Å²) >= 11 is 0. The zero-order valence-corrected chi connectivity index (χ0v) is 13.4. The van der Waals surface area contributed by atoms with Gasteiger partial charge in [-0.1, -0.05) is 0 Å². The first-order valence-corrected chi connectivity index (χ1v) is 8.41. The molecule has 2 N–H and O–H groups in total. The number of nitrogens with zero attached hydrogens (tertiary/aromatic N) is 1. The Bertz CT molecular complexity index is 580. The van der Waals surface area contributed by atoms with Crippen LogP contribution in [0.3, 0.4) is 0 Å². The maximum absolute atomic E-state index is 12.9. The Hall–Kier alpha value is -1.58. The summed E-state index contributed by atoms with van der Waals surface area (Å²) in [5.41, 5.74) is 7.87. The molecule has 0 aromatic carbocycles. The van der Waals surface area contributed by atoms with Gasteiger partial charge in [-0.25, -0.2) is 0 Å². The second-order valence-corrected chi connectivity index (χ2v) is 7.85. The van der Waals surface area contributed by atoms with Crippen LogP contribution in [-0.2, 0) is 4.79 Å². The van der Waals surface area contributed by atoms with Gasteiger partial charge in [-0.15, -0.1) is 0 Å². The molecule has 0 aliphatic heterocycles. The van der Waals surface area contributed by atoms with Crippen LogP contribution >= 0.6 is 0 Å². The summed E-state index contributed by atoms with van der Waals surface area (Å²) in [6.45, 7) is 3.75. The van der Waals surface area contributed by atoms with Crippen molar-refractivity contribution in [2.24, 2.45) is 23.2 Å². The van der Waals surface area contributed by atoms with Crippen LogP contribution in [0.15, 0.2) is 6.07 Å². The monoisotopic (exact) mass is 300 g/mol. The van der Waals surface area contributed by atoms with E-state index in [0.717, 1.165) is 42.7 Å². The average Bonchev–Trinajstić information content (AvgIpc) is 2.41. The zero-order chi connectivity index (χ0) is 15.5. The van der Waals surface area contributed by atoms with E-state index >= 15 is 0 Å². The number of carbonyl (C=O) groups excluding carboxylic acids is 1. The van der Waals surface area contributed by atoms with Crippen molar-refractivity contribution in [3.05, 3.63) is 17.5 Å². The van der Waals surface area contributed by atoms with Gasteiger partial charge in [0.05, 0.1) is 16.8 Å². The van der Waals surface area contributed by atoms with Crippen LogP contribution in [0.1, 0.15) is 49.9 Å². The molecule has 0 atom stereocenters. The van der Waals surface area contributed by atoms with Crippen molar-refractivity contribution >= 4 is 11.7 Å². The van der Waals surface area contributed by atoms with E-state index in [1.54, 1.807) is 6.07 Å². The van der Waals surface area contributed by atoms with Crippen LogP contribution < -0.4 is 10.5 Å². The highest BCUT2D eigenvalue weighted by molar-refractivity contribution is 5.81. The average molecular weight is 300 g/mol. The van der Waals surface area contributed by atoms with Crippen molar-refractivity contribution in [3.8, 4) is 5.75 Å². The molecule has 1 aromatic heterocycles. The number of nitrogen functional groups attached to an aromatic ring is 1. The number of hydrogen-bond acceptors (Lipinski definition) is 4. The number of aromatic nitrogens is 1. The summed E-state index contributed by atoms with van der Waals surface area (Å²) in [6, 6.07) is 1.77. The number of ether oxygens (including phenoxy) is 1. The molecule has 4 heteroatoms. The Labute approximate surface area is 131 Å². The lowest BCUT2D eigenvalue weighted by molar-refractivity contribution is -0.161. The third-order valence-corrected chi connectivity index (χ3v) is 5.97. The van der Waals surface area contributed by atoms with Gasteiger partial charge in [-0.2, -0.15) is 0 Å². The van der Waals surface area contributed by atoms with Crippen molar-refractivity contribution in [2.45, 2.75) is 52.4 Å². The van der Waals surface area contributed by atoms with E-state index in [2.05, 4.69) is 4.98 Å². The maximum atomic E-state index is 12.9. The fourth-order valence-electron chi connectivity index (χ4n) is 5.54. The molecule has 118 valence electrons. The molecule has 1 aromatic rings. The highest BCUT2D eigenvalue weighted by Gasteiger charge is 2.55. The van der Waals surface area contributed by atoms with Crippen molar-refractivity contribution in [3.63, 3.8) is 0 Å². The number of hydrogen-bond donors (Lipinski definition) is 1. The largest absolute Gasteiger partial charge is 0.422 e. The number of carbonyl (C=O) groups is 1. The zero-order valence-electron chi connectivity index (χ0n) is 13.4. The summed E-state index contributed by atoms with van der Waals surface area (Å²) in [6.07, 6.45) is 6.99. The van der Waals surface area contributed by atoms with Crippen LogP contribution in [0, 0.1) is 37.0 Å². The van der Waals surface area contributed by atoms with Gasteiger partial charge in [0.2, 0.25) is 0 Å². The maximum Gasteiger partial charge on any atom is 0.317 e. The van der Waals surface area contributed by atoms with E-state index in [1.807, 2.05) is 13.8 Å². The van der Waals surface area contributed by atoms with Crippen molar-refractivity contribution in [2.75, 3.05) is 5.73 Å². The molecule has 1 heterocycles. The van der Waals surface area contributed by atoms with Gasteiger partial charge in [0.1, 0.15) is 0 Å². The van der Waals surface area contributed by atoms with Gasteiger partial charge in [0.15, 0.2) is 5.75 Å². The van der Waals surface area contributed by atoms with Crippen LogP contribution in [0.4, 0.5) is 5.69 Å². The minimum Gasteiger partial charge on any atom is -0.422 e. The molecule has 4 saturated carbocycles. The molecule has 4 bridgehead atoms. The predicted octanol–water partition coefficient (Wildman–Crippen LogP) is 3.40. The van der Waals surface area contributed by atoms with Crippen LogP contribution in [0.5, 0.6) is 5.75 Å². The molecular formula is C18H24N2O2. The minimum atomic E-state index is -0.251. The molecule has 4 aliphatic carbocycles. The standard InChI is InChI=1S/C18H24N2O2/c1-10-3-15(19)16(11(2)20-10)22-17(21)18-7-12-4-13(8-18)6-14(5-12)9-18/h3,12-14H,4-9H2,1-2H3,(H2,19,20). The third kappa shape index (κ3) is 2.11.